The van der Waals surface area contributed by atoms with Crippen molar-refractivity contribution in [2.45, 2.75) is 44.6 Å². The van der Waals surface area contributed by atoms with Crippen molar-refractivity contribution in [1.29, 1.82) is 0 Å². The minimum Gasteiger partial charge on any atom is -0.480 e. The molecule has 1 aromatic heterocycles. The Morgan fingerprint density at radius 3 is 2.45 bits per heavy atom. The van der Waals surface area contributed by atoms with Crippen molar-refractivity contribution in [3.8, 4) is 0 Å². The zero-order valence-corrected chi connectivity index (χ0v) is 13.0. The second-order valence-corrected chi connectivity index (χ2v) is 6.74. The van der Waals surface area contributed by atoms with Gasteiger partial charge in [-0.05, 0) is 56.1 Å². The van der Waals surface area contributed by atoms with E-state index in [1.807, 2.05) is 12.4 Å². The molecule has 0 amide bonds. The first-order valence-corrected chi connectivity index (χ1v) is 8.27. The SMILES string of the molecule is O=C(O)CNC1CCC2(CC1)CCN(c1ccncc1)CC2. The standard InChI is InChI=1S/C17H25N3O2/c21-16(22)13-19-14-1-5-17(6-2-14)7-11-20(12-8-17)15-3-9-18-10-4-15/h3-4,9-10,14,19H,1-2,5-8,11-13H2,(H,21,22). The van der Waals surface area contributed by atoms with Crippen molar-refractivity contribution in [3.63, 3.8) is 0 Å². The van der Waals surface area contributed by atoms with Crippen molar-refractivity contribution in [2.75, 3.05) is 24.5 Å². The van der Waals surface area contributed by atoms with Gasteiger partial charge in [-0.15, -0.1) is 0 Å². The van der Waals surface area contributed by atoms with E-state index in [0.29, 0.717) is 11.5 Å². The van der Waals surface area contributed by atoms with E-state index in [9.17, 15) is 4.79 Å². The number of carbonyl (C=O) groups is 1. The van der Waals surface area contributed by atoms with Crippen LogP contribution in [-0.2, 0) is 4.79 Å². The lowest BCUT2D eigenvalue weighted by molar-refractivity contribution is -0.136. The Labute approximate surface area is 131 Å². The van der Waals surface area contributed by atoms with Gasteiger partial charge in [-0.25, -0.2) is 0 Å². The molecule has 1 aromatic rings. The van der Waals surface area contributed by atoms with E-state index in [1.54, 1.807) is 0 Å². The Bertz CT molecular complexity index is 488. The van der Waals surface area contributed by atoms with Gasteiger partial charge in [-0.3, -0.25) is 9.78 Å². The smallest absolute Gasteiger partial charge is 0.317 e. The third-order valence-corrected chi connectivity index (χ3v) is 5.44. The number of piperidine rings is 1. The number of carboxylic acids is 1. The lowest BCUT2D eigenvalue weighted by Gasteiger charge is -2.46. The van der Waals surface area contributed by atoms with Crippen LogP contribution in [0.1, 0.15) is 38.5 Å². The molecule has 1 saturated carbocycles. The van der Waals surface area contributed by atoms with Gasteiger partial charge < -0.3 is 15.3 Å². The molecule has 2 aliphatic rings. The van der Waals surface area contributed by atoms with Gasteiger partial charge in [0.15, 0.2) is 0 Å². The summed E-state index contributed by atoms with van der Waals surface area (Å²) in [5, 5.41) is 11.9. The lowest BCUT2D eigenvalue weighted by Crippen LogP contribution is -2.45. The molecule has 0 aromatic carbocycles. The summed E-state index contributed by atoms with van der Waals surface area (Å²) in [6.07, 6.45) is 10.9. The molecule has 2 N–H and O–H groups in total. The highest BCUT2D eigenvalue weighted by Gasteiger charge is 2.38. The maximum atomic E-state index is 10.6. The number of nitrogens with zero attached hydrogens (tertiary/aromatic N) is 2. The molecule has 5 heteroatoms. The number of aromatic nitrogens is 1. The Kier molecular flexibility index (Phi) is 4.62. The molecule has 1 aliphatic carbocycles. The van der Waals surface area contributed by atoms with E-state index >= 15 is 0 Å². The van der Waals surface area contributed by atoms with Crippen LogP contribution in [0.5, 0.6) is 0 Å². The summed E-state index contributed by atoms with van der Waals surface area (Å²) < 4.78 is 0. The number of hydrogen-bond acceptors (Lipinski definition) is 4. The van der Waals surface area contributed by atoms with E-state index in [0.717, 1.165) is 25.9 Å². The van der Waals surface area contributed by atoms with E-state index in [1.165, 1.54) is 31.4 Å². The molecular weight excluding hydrogens is 278 g/mol. The van der Waals surface area contributed by atoms with Crippen molar-refractivity contribution >= 4 is 11.7 Å². The first-order valence-electron chi connectivity index (χ1n) is 8.27. The Morgan fingerprint density at radius 1 is 1.23 bits per heavy atom. The Hall–Kier alpha value is -1.62. The summed E-state index contributed by atoms with van der Waals surface area (Å²) in [6, 6.07) is 4.56. The van der Waals surface area contributed by atoms with Crippen LogP contribution in [0.15, 0.2) is 24.5 Å². The molecular formula is C17H25N3O2. The number of hydrogen-bond donors (Lipinski definition) is 2. The van der Waals surface area contributed by atoms with Crippen molar-refractivity contribution in [2.24, 2.45) is 5.41 Å². The monoisotopic (exact) mass is 303 g/mol. The highest BCUT2D eigenvalue weighted by Crippen LogP contribution is 2.45. The quantitative estimate of drug-likeness (QED) is 0.893. The summed E-state index contributed by atoms with van der Waals surface area (Å²) >= 11 is 0. The minimum absolute atomic E-state index is 0.0908. The Balaban J connectivity index is 1.48. The summed E-state index contributed by atoms with van der Waals surface area (Å²) in [5.74, 6) is -0.758. The fourth-order valence-corrected chi connectivity index (χ4v) is 3.96. The Morgan fingerprint density at radius 2 is 1.86 bits per heavy atom. The molecule has 0 unspecified atom stereocenters. The third kappa shape index (κ3) is 3.58. The molecule has 0 bridgehead atoms. The maximum absolute atomic E-state index is 10.6. The van der Waals surface area contributed by atoms with Gasteiger partial charge in [0.05, 0.1) is 6.54 Å². The average Bonchev–Trinajstić information content (AvgIpc) is 2.56. The average molecular weight is 303 g/mol. The van der Waals surface area contributed by atoms with E-state index < -0.39 is 5.97 Å². The van der Waals surface area contributed by atoms with Crippen LogP contribution in [0.2, 0.25) is 0 Å². The largest absolute Gasteiger partial charge is 0.480 e. The number of rotatable bonds is 4. The number of nitrogens with one attached hydrogen (secondary N) is 1. The predicted octanol–water partition coefficient (Wildman–Crippen LogP) is 2.29. The van der Waals surface area contributed by atoms with Crippen molar-refractivity contribution < 1.29 is 9.90 Å². The molecule has 1 saturated heterocycles. The van der Waals surface area contributed by atoms with Crippen LogP contribution in [-0.4, -0.2) is 41.7 Å². The van der Waals surface area contributed by atoms with E-state index in [4.69, 9.17) is 5.11 Å². The fourth-order valence-electron chi connectivity index (χ4n) is 3.96. The van der Waals surface area contributed by atoms with Gasteiger partial charge in [-0.2, -0.15) is 0 Å². The van der Waals surface area contributed by atoms with Gasteiger partial charge in [0.1, 0.15) is 0 Å². The first kappa shape index (κ1) is 15.3. The molecule has 22 heavy (non-hydrogen) atoms. The molecule has 0 radical (unpaired) electrons. The van der Waals surface area contributed by atoms with Crippen LogP contribution in [0.25, 0.3) is 0 Å². The summed E-state index contributed by atoms with van der Waals surface area (Å²) in [4.78, 5) is 17.2. The molecule has 2 fully saturated rings. The number of pyridine rings is 1. The third-order valence-electron chi connectivity index (χ3n) is 5.44. The second kappa shape index (κ2) is 6.65. The zero-order valence-electron chi connectivity index (χ0n) is 13.0. The summed E-state index contributed by atoms with van der Waals surface area (Å²) in [5.41, 5.74) is 1.77. The lowest BCUT2D eigenvalue weighted by atomic mass is 9.67. The summed E-state index contributed by atoms with van der Waals surface area (Å²) in [7, 11) is 0. The second-order valence-electron chi connectivity index (χ2n) is 6.74. The molecule has 3 rings (SSSR count). The van der Waals surface area contributed by atoms with E-state index in [-0.39, 0.29) is 6.54 Å². The van der Waals surface area contributed by atoms with Crippen molar-refractivity contribution in [1.82, 2.24) is 10.3 Å². The predicted molar refractivity (Wildman–Crippen MR) is 86.0 cm³/mol. The van der Waals surface area contributed by atoms with Crippen LogP contribution in [0.4, 0.5) is 5.69 Å². The molecule has 1 aliphatic heterocycles. The zero-order chi connectivity index (χ0) is 15.4. The highest BCUT2D eigenvalue weighted by molar-refractivity contribution is 5.69. The molecule has 1 spiro atoms. The first-order chi connectivity index (χ1) is 10.7. The fraction of sp³-hybridized carbons (Fsp3) is 0.647. The normalized spacial score (nSPS) is 21.9. The van der Waals surface area contributed by atoms with Crippen molar-refractivity contribution in [3.05, 3.63) is 24.5 Å². The van der Waals surface area contributed by atoms with Gasteiger partial charge >= 0.3 is 5.97 Å². The van der Waals surface area contributed by atoms with Crippen LogP contribution < -0.4 is 10.2 Å². The topological polar surface area (TPSA) is 65.5 Å². The number of carboxylic acid groups (broad SMARTS) is 1. The molecule has 120 valence electrons. The van der Waals surface area contributed by atoms with Gasteiger partial charge in [-0.1, -0.05) is 0 Å². The maximum Gasteiger partial charge on any atom is 0.317 e. The number of aliphatic carboxylic acids is 1. The molecule has 5 nitrogen and oxygen atoms in total. The van der Waals surface area contributed by atoms with Crippen LogP contribution >= 0.6 is 0 Å². The van der Waals surface area contributed by atoms with Crippen LogP contribution in [0, 0.1) is 5.41 Å². The van der Waals surface area contributed by atoms with E-state index in [2.05, 4.69) is 27.3 Å². The van der Waals surface area contributed by atoms with Gasteiger partial charge in [0, 0.05) is 37.2 Å². The molecule has 0 atom stereocenters. The minimum atomic E-state index is -0.758. The van der Waals surface area contributed by atoms with Gasteiger partial charge in [0.25, 0.3) is 0 Å². The summed E-state index contributed by atoms with van der Waals surface area (Å²) in [6.45, 7) is 2.34. The number of anilines is 1. The van der Waals surface area contributed by atoms with Gasteiger partial charge in [0.2, 0.25) is 0 Å². The highest BCUT2D eigenvalue weighted by atomic mass is 16.4. The molecule has 2 heterocycles. The van der Waals surface area contributed by atoms with Crippen LogP contribution in [0.3, 0.4) is 0 Å².